The Bertz CT molecular complexity index is 545. The Hall–Kier alpha value is -1.88. The molecule has 16 heavy (non-hydrogen) atoms. The van der Waals surface area contributed by atoms with Crippen molar-refractivity contribution in [1.29, 1.82) is 0 Å². The van der Waals surface area contributed by atoms with Crippen LogP contribution in [0.1, 0.15) is 0 Å². The van der Waals surface area contributed by atoms with Crippen LogP contribution < -0.4 is 10.5 Å². The molecule has 1 aromatic heterocycles. The van der Waals surface area contributed by atoms with E-state index < -0.39 is 5.91 Å². The van der Waals surface area contributed by atoms with Gasteiger partial charge in [-0.25, -0.2) is 9.97 Å². The van der Waals surface area contributed by atoms with E-state index in [2.05, 4.69) is 9.97 Å². The number of ether oxygens (including phenoxy) is 1. The second-order valence-electron chi connectivity index (χ2n) is 3.10. The molecule has 6 heteroatoms. The molecule has 0 aliphatic rings. The molecule has 82 valence electrons. The van der Waals surface area contributed by atoms with E-state index in [-0.39, 0.29) is 6.61 Å². The number of nitrogens with zero attached hydrogens (tertiary/aromatic N) is 2. The number of carbonyl (C=O) groups excluding carboxylic acids is 1. The van der Waals surface area contributed by atoms with Crippen LogP contribution in [-0.4, -0.2) is 22.5 Å². The molecule has 0 spiro atoms. The van der Waals surface area contributed by atoms with E-state index in [1.165, 1.54) is 6.33 Å². The summed E-state index contributed by atoms with van der Waals surface area (Å²) in [6.07, 6.45) is 1.38. The maximum Gasteiger partial charge on any atom is 0.255 e. The molecule has 2 aromatic rings. The Morgan fingerprint density at radius 1 is 1.44 bits per heavy atom. The molecule has 0 bridgehead atoms. The van der Waals surface area contributed by atoms with Crippen LogP contribution in [0.5, 0.6) is 5.75 Å². The summed E-state index contributed by atoms with van der Waals surface area (Å²) in [4.78, 5) is 18.4. The third-order valence-corrected chi connectivity index (χ3v) is 2.24. The van der Waals surface area contributed by atoms with E-state index in [0.717, 1.165) is 0 Å². The summed E-state index contributed by atoms with van der Waals surface area (Å²) in [6.45, 7) is -0.170. The van der Waals surface area contributed by atoms with Gasteiger partial charge in [0.2, 0.25) is 0 Å². The number of hydrogen-bond donors (Lipinski definition) is 1. The van der Waals surface area contributed by atoms with E-state index in [4.69, 9.17) is 22.1 Å². The predicted octanol–water partition coefficient (Wildman–Crippen LogP) is 1.15. The molecule has 0 atom stereocenters. The van der Waals surface area contributed by atoms with Gasteiger partial charge in [-0.3, -0.25) is 4.79 Å². The maximum absolute atomic E-state index is 10.5. The monoisotopic (exact) mass is 237 g/mol. The van der Waals surface area contributed by atoms with Crippen LogP contribution in [0.4, 0.5) is 0 Å². The van der Waals surface area contributed by atoms with Crippen LogP contribution in [0.15, 0.2) is 24.5 Å². The minimum Gasteiger partial charge on any atom is -0.484 e. The predicted molar refractivity (Wildman–Crippen MR) is 59.2 cm³/mol. The van der Waals surface area contributed by atoms with Crippen LogP contribution in [0.2, 0.25) is 5.15 Å². The van der Waals surface area contributed by atoms with Crippen molar-refractivity contribution in [2.24, 2.45) is 5.73 Å². The molecule has 2 rings (SSSR count). The number of rotatable bonds is 3. The van der Waals surface area contributed by atoms with E-state index in [1.54, 1.807) is 18.2 Å². The van der Waals surface area contributed by atoms with Gasteiger partial charge in [-0.15, -0.1) is 0 Å². The fraction of sp³-hybridized carbons (Fsp3) is 0.100. The van der Waals surface area contributed by atoms with Crippen molar-refractivity contribution < 1.29 is 9.53 Å². The summed E-state index contributed by atoms with van der Waals surface area (Å²) in [5.41, 5.74) is 5.68. The third kappa shape index (κ3) is 2.20. The van der Waals surface area contributed by atoms with E-state index in [0.29, 0.717) is 21.8 Å². The number of nitrogens with two attached hydrogens (primary N) is 1. The lowest BCUT2D eigenvalue weighted by atomic mass is 10.2. The highest BCUT2D eigenvalue weighted by Gasteiger charge is 2.04. The number of benzene rings is 1. The number of fused-ring (bicyclic) bond motifs is 1. The van der Waals surface area contributed by atoms with Gasteiger partial charge in [0, 0.05) is 5.39 Å². The minimum absolute atomic E-state index is 0.170. The summed E-state index contributed by atoms with van der Waals surface area (Å²) in [5.74, 6) is -0.0292. The number of primary amides is 1. The van der Waals surface area contributed by atoms with Crippen molar-refractivity contribution in [2.75, 3.05) is 6.61 Å². The van der Waals surface area contributed by atoms with Crippen molar-refractivity contribution in [1.82, 2.24) is 9.97 Å². The van der Waals surface area contributed by atoms with E-state index in [9.17, 15) is 4.79 Å². The van der Waals surface area contributed by atoms with Crippen molar-refractivity contribution >= 4 is 28.4 Å². The fourth-order valence-corrected chi connectivity index (χ4v) is 1.44. The van der Waals surface area contributed by atoms with Gasteiger partial charge < -0.3 is 10.5 Å². The van der Waals surface area contributed by atoms with Gasteiger partial charge >= 0.3 is 0 Å². The Kier molecular flexibility index (Phi) is 2.87. The van der Waals surface area contributed by atoms with E-state index >= 15 is 0 Å². The van der Waals surface area contributed by atoms with Gasteiger partial charge in [0.25, 0.3) is 5.91 Å². The van der Waals surface area contributed by atoms with Crippen LogP contribution in [0.3, 0.4) is 0 Å². The summed E-state index contributed by atoms with van der Waals surface area (Å²) < 4.78 is 5.14. The first kappa shape index (κ1) is 10.6. The molecule has 0 radical (unpaired) electrons. The average Bonchev–Trinajstić information content (AvgIpc) is 2.27. The Morgan fingerprint density at radius 2 is 2.25 bits per heavy atom. The van der Waals surface area contributed by atoms with Crippen LogP contribution in [0.25, 0.3) is 10.9 Å². The topological polar surface area (TPSA) is 78.1 Å². The SMILES string of the molecule is NC(=O)COc1ccc2ncnc(Cl)c2c1. The van der Waals surface area contributed by atoms with Gasteiger partial charge in [-0.1, -0.05) is 11.6 Å². The Balaban J connectivity index is 2.35. The number of amides is 1. The molecular weight excluding hydrogens is 230 g/mol. The second-order valence-corrected chi connectivity index (χ2v) is 3.46. The Morgan fingerprint density at radius 3 is 3.00 bits per heavy atom. The maximum atomic E-state index is 10.5. The molecule has 1 amide bonds. The fourth-order valence-electron chi connectivity index (χ4n) is 1.25. The molecule has 0 saturated heterocycles. The smallest absolute Gasteiger partial charge is 0.255 e. The number of carbonyl (C=O) groups is 1. The highest BCUT2D eigenvalue weighted by atomic mass is 35.5. The molecule has 0 unspecified atom stereocenters. The first-order chi connectivity index (χ1) is 7.66. The molecule has 1 aromatic carbocycles. The van der Waals surface area contributed by atoms with Gasteiger partial charge in [-0.2, -0.15) is 0 Å². The summed E-state index contributed by atoms with van der Waals surface area (Å²) in [7, 11) is 0. The zero-order chi connectivity index (χ0) is 11.5. The van der Waals surface area contributed by atoms with Crippen molar-refractivity contribution in [3.8, 4) is 5.75 Å². The van der Waals surface area contributed by atoms with Crippen molar-refractivity contribution in [2.45, 2.75) is 0 Å². The molecule has 1 heterocycles. The normalized spacial score (nSPS) is 10.3. The Labute approximate surface area is 96.2 Å². The molecule has 0 aliphatic heterocycles. The van der Waals surface area contributed by atoms with Crippen LogP contribution >= 0.6 is 11.6 Å². The third-order valence-electron chi connectivity index (χ3n) is 1.94. The summed E-state index contributed by atoms with van der Waals surface area (Å²) in [5, 5.41) is 1.01. The molecule has 5 nitrogen and oxygen atoms in total. The zero-order valence-electron chi connectivity index (χ0n) is 8.18. The molecule has 0 saturated carbocycles. The first-order valence-corrected chi connectivity index (χ1v) is 4.86. The lowest BCUT2D eigenvalue weighted by molar-refractivity contribution is -0.119. The highest BCUT2D eigenvalue weighted by molar-refractivity contribution is 6.34. The van der Waals surface area contributed by atoms with Crippen molar-refractivity contribution in [3.05, 3.63) is 29.7 Å². The summed E-state index contributed by atoms with van der Waals surface area (Å²) >= 11 is 5.89. The van der Waals surface area contributed by atoms with E-state index in [1.807, 2.05) is 0 Å². The quantitative estimate of drug-likeness (QED) is 0.813. The largest absolute Gasteiger partial charge is 0.484 e. The zero-order valence-corrected chi connectivity index (χ0v) is 8.94. The average molecular weight is 238 g/mol. The number of aromatic nitrogens is 2. The van der Waals surface area contributed by atoms with Gasteiger partial charge in [0.1, 0.15) is 17.2 Å². The lowest BCUT2D eigenvalue weighted by Gasteiger charge is -2.05. The van der Waals surface area contributed by atoms with Gasteiger partial charge in [0.05, 0.1) is 5.52 Å². The standard InChI is InChI=1S/C10H8ClN3O2/c11-10-7-3-6(16-4-9(12)15)1-2-8(7)13-5-14-10/h1-3,5H,4H2,(H2,12,15). The summed E-state index contributed by atoms with van der Waals surface area (Å²) in [6, 6.07) is 5.09. The second kappa shape index (κ2) is 4.32. The highest BCUT2D eigenvalue weighted by Crippen LogP contribution is 2.23. The molecular formula is C10H8ClN3O2. The van der Waals surface area contributed by atoms with Gasteiger partial charge in [0.15, 0.2) is 6.61 Å². The van der Waals surface area contributed by atoms with Crippen molar-refractivity contribution in [3.63, 3.8) is 0 Å². The van der Waals surface area contributed by atoms with Gasteiger partial charge in [-0.05, 0) is 18.2 Å². The lowest BCUT2D eigenvalue weighted by Crippen LogP contribution is -2.19. The minimum atomic E-state index is -0.532. The molecule has 2 N–H and O–H groups in total. The number of hydrogen-bond acceptors (Lipinski definition) is 4. The molecule has 0 fully saturated rings. The number of halogens is 1. The van der Waals surface area contributed by atoms with Crippen LogP contribution in [-0.2, 0) is 4.79 Å². The molecule has 0 aliphatic carbocycles. The first-order valence-electron chi connectivity index (χ1n) is 4.48. The van der Waals surface area contributed by atoms with Crippen LogP contribution in [0, 0.1) is 0 Å².